The highest BCUT2D eigenvalue weighted by Crippen LogP contribution is 2.31. The van der Waals surface area contributed by atoms with Crippen molar-refractivity contribution >= 4 is 70.7 Å². The first-order chi connectivity index (χ1) is 25.9. The number of fused-ring (bicyclic) bond motifs is 2. The molecule has 0 fully saturated rings. The standard InChI is InChI=1S/C42H24N2O10/c45-35(25-3-1-5-29(19-25)43-37(47)31-15-13-27(41(51)52)21-33(31)39(43)49)17-11-23-7-9-24(10-8-23)12-18-36(46)26-4-2-6-30(20-26)44-38(48)32-16-14-28(42(53)54)22-34(32)40(44)50/h1-22H,(H,51,52)(H,53,54)/b17-11+,18-12+. The van der Waals surface area contributed by atoms with Crippen molar-refractivity contribution in [3.63, 3.8) is 0 Å². The molecule has 5 aromatic rings. The average molecular weight is 717 g/mol. The van der Waals surface area contributed by atoms with Crippen LogP contribution in [0.4, 0.5) is 11.4 Å². The molecule has 4 amide bonds. The van der Waals surface area contributed by atoms with Crippen LogP contribution in [0.15, 0.2) is 121 Å². The molecule has 2 aliphatic rings. The maximum absolute atomic E-state index is 13.1. The molecule has 0 atom stereocenters. The van der Waals surface area contributed by atoms with Gasteiger partial charge in [-0.2, -0.15) is 0 Å². The van der Waals surface area contributed by atoms with Gasteiger partial charge in [0.15, 0.2) is 11.6 Å². The zero-order valence-electron chi connectivity index (χ0n) is 27.8. The van der Waals surface area contributed by atoms with E-state index in [1.807, 2.05) is 0 Å². The summed E-state index contributed by atoms with van der Waals surface area (Å²) in [5.41, 5.74) is 1.89. The zero-order chi connectivity index (χ0) is 38.3. The van der Waals surface area contributed by atoms with Crippen LogP contribution in [0.2, 0.25) is 0 Å². The van der Waals surface area contributed by atoms with Gasteiger partial charge in [0.25, 0.3) is 23.6 Å². The molecule has 0 spiro atoms. The Labute approximate surface area is 305 Å². The summed E-state index contributed by atoms with van der Waals surface area (Å²) in [5.74, 6) is -5.90. The number of anilines is 2. The second kappa shape index (κ2) is 13.7. The van der Waals surface area contributed by atoms with Crippen molar-refractivity contribution in [3.8, 4) is 0 Å². The van der Waals surface area contributed by atoms with E-state index in [4.69, 9.17) is 0 Å². The minimum absolute atomic E-state index is 0.0342. The highest BCUT2D eigenvalue weighted by Gasteiger charge is 2.38. The Hall–Kier alpha value is -7.86. The number of carbonyl (C=O) groups is 8. The van der Waals surface area contributed by atoms with E-state index in [0.717, 1.165) is 21.9 Å². The molecule has 12 heteroatoms. The molecular formula is C42H24N2O10. The van der Waals surface area contributed by atoms with E-state index in [0.29, 0.717) is 11.1 Å². The van der Waals surface area contributed by atoms with Crippen LogP contribution in [0.5, 0.6) is 0 Å². The predicted molar refractivity (Wildman–Crippen MR) is 195 cm³/mol. The summed E-state index contributed by atoms with van der Waals surface area (Å²) in [6.07, 6.45) is 5.83. The van der Waals surface area contributed by atoms with Crippen molar-refractivity contribution in [3.05, 3.63) is 177 Å². The molecule has 0 bridgehead atoms. The molecule has 54 heavy (non-hydrogen) atoms. The van der Waals surface area contributed by atoms with Crippen molar-refractivity contribution in [2.24, 2.45) is 0 Å². The van der Waals surface area contributed by atoms with Gasteiger partial charge in [-0.3, -0.25) is 28.8 Å². The van der Waals surface area contributed by atoms with Crippen LogP contribution < -0.4 is 9.80 Å². The first-order valence-corrected chi connectivity index (χ1v) is 16.2. The van der Waals surface area contributed by atoms with Crippen LogP contribution in [0.25, 0.3) is 12.2 Å². The minimum Gasteiger partial charge on any atom is -0.478 e. The molecule has 2 aliphatic heterocycles. The largest absolute Gasteiger partial charge is 0.478 e. The number of benzene rings is 5. The van der Waals surface area contributed by atoms with Gasteiger partial charge in [-0.1, -0.05) is 60.7 Å². The molecule has 0 radical (unpaired) electrons. The first kappa shape index (κ1) is 34.6. The van der Waals surface area contributed by atoms with Gasteiger partial charge in [-0.05, 0) is 83.9 Å². The molecule has 7 rings (SSSR count). The van der Waals surface area contributed by atoms with Gasteiger partial charge in [0.05, 0.1) is 44.8 Å². The maximum atomic E-state index is 13.1. The number of allylic oxidation sites excluding steroid dienone is 2. The van der Waals surface area contributed by atoms with E-state index in [2.05, 4.69) is 0 Å². The molecule has 12 nitrogen and oxygen atoms in total. The molecule has 0 aliphatic carbocycles. The van der Waals surface area contributed by atoms with Crippen LogP contribution in [0.1, 0.15) is 94.0 Å². The Morgan fingerprint density at radius 3 is 1.17 bits per heavy atom. The Kier molecular flexibility index (Phi) is 8.77. The molecule has 0 saturated carbocycles. The number of carboxylic acid groups (broad SMARTS) is 2. The maximum Gasteiger partial charge on any atom is 0.335 e. The number of hydrogen-bond donors (Lipinski definition) is 2. The fourth-order valence-electron chi connectivity index (χ4n) is 6.07. The number of amides is 4. The number of imide groups is 2. The summed E-state index contributed by atoms with van der Waals surface area (Å²) in [4.78, 5) is 103. The summed E-state index contributed by atoms with van der Waals surface area (Å²) in [7, 11) is 0. The van der Waals surface area contributed by atoms with E-state index in [-0.39, 0.29) is 55.9 Å². The van der Waals surface area contributed by atoms with E-state index >= 15 is 0 Å². The van der Waals surface area contributed by atoms with Crippen molar-refractivity contribution in [2.45, 2.75) is 0 Å². The Morgan fingerprint density at radius 1 is 0.426 bits per heavy atom. The number of aromatic carboxylic acids is 2. The van der Waals surface area contributed by atoms with Gasteiger partial charge < -0.3 is 10.2 Å². The highest BCUT2D eigenvalue weighted by atomic mass is 16.4. The molecular weight excluding hydrogens is 692 g/mol. The average Bonchev–Trinajstić information content (AvgIpc) is 3.59. The smallest absolute Gasteiger partial charge is 0.335 e. The highest BCUT2D eigenvalue weighted by molar-refractivity contribution is 6.35. The number of carboxylic acids is 2. The van der Waals surface area contributed by atoms with E-state index in [1.54, 1.807) is 36.4 Å². The van der Waals surface area contributed by atoms with E-state index in [9.17, 15) is 48.6 Å². The number of rotatable bonds is 10. The lowest BCUT2D eigenvalue weighted by molar-refractivity contribution is 0.0686. The second-order valence-corrected chi connectivity index (χ2v) is 12.2. The lowest BCUT2D eigenvalue weighted by Crippen LogP contribution is -2.29. The fraction of sp³-hybridized carbons (Fsp3) is 0. The molecule has 0 aromatic heterocycles. The van der Waals surface area contributed by atoms with Gasteiger partial charge >= 0.3 is 11.9 Å². The third-order valence-electron chi connectivity index (χ3n) is 8.84. The predicted octanol–water partition coefficient (Wildman–Crippen LogP) is 6.48. The normalized spacial score (nSPS) is 13.6. The Bertz CT molecular complexity index is 2400. The third-order valence-corrected chi connectivity index (χ3v) is 8.84. The van der Waals surface area contributed by atoms with Crippen LogP contribution in [-0.4, -0.2) is 57.3 Å². The number of carbonyl (C=O) groups excluding carboxylic acids is 6. The third kappa shape index (κ3) is 6.31. The van der Waals surface area contributed by atoms with Gasteiger partial charge in [-0.25, -0.2) is 19.4 Å². The second-order valence-electron chi connectivity index (χ2n) is 12.2. The van der Waals surface area contributed by atoms with Crippen molar-refractivity contribution < 1.29 is 48.6 Å². The fourth-order valence-corrected chi connectivity index (χ4v) is 6.07. The Morgan fingerprint density at radius 2 is 0.796 bits per heavy atom. The topological polar surface area (TPSA) is 183 Å². The molecule has 0 saturated heterocycles. The summed E-state index contributed by atoms with van der Waals surface area (Å²) in [6, 6.07) is 26.3. The van der Waals surface area contributed by atoms with Crippen molar-refractivity contribution in [2.75, 3.05) is 9.80 Å². The minimum atomic E-state index is -1.23. The summed E-state index contributed by atoms with van der Waals surface area (Å²) in [6.45, 7) is 0. The molecule has 0 unspecified atom stereocenters. The molecule has 5 aromatic carbocycles. The zero-order valence-corrected chi connectivity index (χ0v) is 27.8. The summed E-state index contributed by atoms with van der Waals surface area (Å²) < 4.78 is 0. The van der Waals surface area contributed by atoms with E-state index < -0.39 is 47.1 Å². The van der Waals surface area contributed by atoms with Crippen LogP contribution in [0, 0.1) is 0 Å². The van der Waals surface area contributed by atoms with Crippen molar-refractivity contribution in [1.29, 1.82) is 0 Å². The lowest BCUT2D eigenvalue weighted by atomic mass is 10.1. The van der Waals surface area contributed by atoms with Gasteiger partial charge in [0.2, 0.25) is 0 Å². The molecule has 2 heterocycles. The number of hydrogen-bond acceptors (Lipinski definition) is 8. The van der Waals surface area contributed by atoms with Gasteiger partial charge in [-0.15, -0.1) is 0 Å². The van der Waals surface area contributed by atoms with E-state index in [1.165, 1.54) is 84.9 Å². The number of ketones is 2. The molecule has 262 valence electrons. The van der Waals surface area contributed by atoms with Crippen LogP contribution in [-0.2, 0) is 0 Å². The Balaban J connectivity index is 0.999. The lowest BCUT2D eigenvalue weighted by Gasteiger charge is -2.14. The van der Waals surface area contributed by atoms with Gasteiger partial charge in [0.1, 0.15) is 0 Å². The SMILES string of the molecule is O=C(O)c1ccc2c(c1)C(=O)N(c1cccc(C(=O)/C=C/c3ccc(/C=C/C(=O)c4cccc(N5C(=O)c6ccc(C(=O)O)cc6C5=O)c4)cc3)c1)C2=O. The molecule has 2 N–H and O–H groups in total. The number of nitrogens with zero attached hydrogens (tertiary/aromatic N) is 2. The first-order valence-electron chi connectivity index (χ1n) is 16.2. The summed E-state index contributed by atoms with van der Waals surface area (Å²) >= 11 is 0. The monoisotopic (exact) mass is 716 g/mol. The summed E-state index contributed by atoms with van der Waals surface area (Å²) in [5, 5.41) is 18.5. The van der Waals surface area contributed by atoms with Crippen LogP contribution >= 0.6 is 0 Å². The van der Waals surface area contributed by atoms with Crippen molar-refractivity contribution in [1.82, 2.24) is 0 Å². The van der Waals surface area contributed by atoms with Gasteiger partial charge in [0, 0.05) is 11.1 Å². The quantitative estimate of drug-likeness (QED) is 0.0922. The van der Waals surface area contributed by atoms with Crippen LogP contribution in [0.3, 0.4) is 0 Å².